The number of carbonyl (C=O) groups is 2. The zero-order valence-corrected chi connectivity index (χ0v) is 14.4. The van der Waals surface area contributed by atoms with Crippen molar-refractivity contribution < 1.29 is 14.3 Å². The van der Waals surface area contributed by atoms with Gasteiger partial charge in [0.15, 0.2) is 6.61 Å². The number of anilines is 1. The Bertz CT molecular complexity index is 922. The Morgan fingerprint density at radius 3 is 2.58 bits per heavy atom. The Balaban J connectivity index is 1.88. The van der Waals surface area contributed by atoms with Gasteiger partial charge in [0.1, 0.15) is 12.1 Å². The zero-order valence-electron chi connectivity index (χ0n) is 14.4. The van der Waals surface area contributed by atoms with Crippen LogP contribution in [0.5, 0.6) is 5.75 Å². The highest BCUT2D eigenvalue weighted by atomic mass is 16.5. The fourth-order valence-corrected chi connectivity index (χ4v) is 2.46. The number of H-pyrrole nitrogens is 1. The summed E-state index contributed by atoms with van der Waals surface area (Å²) in [6.45, 7) is 3.55. The van der Waals surface area contributed by atoms with E-state index in [2.05, 4.69) is 25.8 Å². The molecular formula is C18H19N5O3. The molecule has 0 bridgehead atoms. The fourth-order valence-electron chi connectivity index (χ4n) is 2.46. The van der Waals surface area contributed by atoms with E-state index in [4.69, 9.17) is 4.74 Å². The first-order valence-electron chi connectivity index (χ1n) is 8.14. The van der Waals surface area contributed by atoms with Crippen LogP contribution in [-0.4, -0.2) is 39.6 Å². The van der Waals surface area contributed by atoms with Gasteiger partial charge in [-0.15, -0.1) is 0 Å². The van der Waals surface area contributed by atoms with Crippen LogP contribution in [0.4, 0.5) is 5.95 Å². The van der Waals surface area contributed by atoms with Crippen molar-refractivity contribution in [2.45, 2.75) is 19.9 Å². The number of hydrogen-bond acceptors (Lipinski definition) is 5. The number of ether oxygens (including phenoxy) is 1. The van der Waals surface area contributed by atoms with Gasteiger partial charge in [0, 0.05) is 6.04 Å². The van der Waals surface area contributed by atoms with Gasteiger partial charge >= 0.3 is 0 Å². The lowest BCUT2D eigenvalue weighted by atomic mass is 10.1. The highest BCUT2D eigenvalue weighted by molar-refractivity contribution is 6.08. The van der Waals surface area contributed by atoms with E-state index >= 15 is 0 Å². The first kappa shape index (κ1) is 17.4. The van der Waals surface area contributed by atoms with Crippen molar-refractivity contribution in [1.82, 2.24) is 20.5 Å². The molecule has 0 aliphatic carbocycles. The summed E-state index contributed by atoms with van der Waals surface area (Å²) in [6.07, 6.45) is 1.30. The van der Waals surface area contributed by atoms with Crippen molar-refractivity contribution in [3.8, 4) is 5.75 Å². The second kappa shape index (κ2) is 7.64. The van der Waals surface area contributed by atoms with E-state index in [-0.39, 0.29) is 24.5 Å². The van der Waals surface area contributed by atoms with E-state index in [1.165, 1.54) is 6.33 Å². The summed E-state index contributed by atoms with van der Waals surface area (Å²) in [4.78, 5) is 28.4. The molecule has 1 heterocycles. The summed E-state index contributed by atoms with van der Waals surface area (Å²) in [5.41, 5.74) is 0.303. The van der Waals surface area contributed by atoms with Crippen LogP contribution in [0.1, 0.15) is 24.2 Å². The van der Waals surface area contributed by atoms with Gasteiger partial charge in [-0.2, -0.15) is 10.1 Å². The van der Waals surface area contributed by atoms with Gasteiger partial charge in [0.25, 0.3) is 11.8 Å². The third kappa shape index (κ3) is 4.15. The third-order valence-electron chi connectivity index (χ3n) is 3.55. The minimum Gasteiger partial charge on any atom is -0.483 e. The first-order chi connectivity index (χ1) is 12.5. The molecule has 0 aliphatic heterocycles. The zero-order chi connectivity index (χ0) is 18.5. The molecule has 8 heteroatoms. The quantitative estimate of drug-likeness (QED) is 0.629. The maximum absolute atomic E-state index is 12.6. The monoisotopic (exact) mass is 353 g/mol. The van der Waals surface area contributed by atoms with Crippen LogP contribution in [0.2, 0.25) is 0 Å². The summed E-state index contributed by atoms with van der Waals surface area (Å²) in [6, 6.07) is 11.1. The number of nitrogens with zero attached hydrogens (tertiary/aromatic N) is 2. The molecule has 134 valence electrons. The average Bonchev–Trinajstić information content (AvgIpc) is 3.11. The predicted octanol–water partition coefficient (Wildman–Crippen LogP) is 2.11. The van der Waals surface area contributed by atoms with Gasteiger partial charge in [0.05, 0.1) is 5.56 Å². The van der Waals surface area contributed by atoms with Gasteiger partial charge in [-0.3, -0.25) is 14.9 Å². The summed E-state index contributed by atoms with van der Waals surface area (Å²) < 4.78 is 5.63. The number of amides is 2. The second-order valence-corrected chi connectivity index (χ2v) is 5.99. The lowest BCUT2D eigenvalue weighted by molar-refractivity contribution is -0.123. The summed E-state index contributed by atoms with van der Waals surface area (Å²) in [7, 11) is 0. The minimum atomic E-state index is -0.410. The molecular weight excluding hydrogens is 334 g/mol. The smallest absolute Gasteiger partial charge is 0.261 e. The Morgan fingerprint density at radius 1 is 1.19 bits per heavy atom. The molecule has 3 rings (SSSR count). The first-order valence-corrected chi connectivity index (χ1v) is 8.14. The average molecular weight is 353 g/mol. The molecule has 0 saturated heterocycles. The molecule has 0 saturated carbocycles. The highest BCUT2D eigenvalue weighted by Crippen LogP contribution is 2.26. The van der Waals surface area contributed by atoms with Crippen LogP contribution in [-0.2, 0) is 4.79 Å². The number of aromatic amines is 1. The van der Waals surface area contributed by atoms with Crippen molar-refractivity contribution in [2.24, 2.45) is 0 Å². The molecule has 3 N–H and O–H groups in total. The number of rotatable bonds is 6. The van der Waals surface area contributed by atoms with Gasteiger partial charge in [-0.1, -0.05) is 24.3 Å². The highest BCUT2D eigenvalue weighted by Gasteiger charge is 2.16. The van der Waals surface area contributed by atoms with Crippen LogP contribution in [0.15, 0.2) is 42.7 Å². The van der Waals surface area contributed by atoms with Crippen molar-refractivity contribution in [3.05, 3.63) is 48.3 Å². The molecule has 8 nitrogen and oxygen atoms in total. The number of aromatic nitrogens is 3. The Labute approximate surface area is 150 Å². The van der Waals surface area contributed by atoms with E-state index in [0.717, 1.165) is 10.8 Å². The standard InChI is InChI=1S/C18H19N5O3/c1-11(2)21-16(24)9-26-15-8-13-6-4-3-5-12(13)7-14(15)17(25)22-18-19-10-20-23-18/h3-8,10-11H,9H2,1-2H3,(H,21,24)(H2,19,20,22,23,25). The molecule has 0 spiro atoms. The second-order valence-electron chi connectivity index (χ2n) is 5.99. The third-order valence-corrected chi connectivity index (χ3v) is 3.55. The van der Waals surface area contributed by atoms with Crippen LogP contribution in [0.3, 0.4) is 0 Å². The Hall–Kier alpha value is -3.42. The van der Waals surface area contributed by atoms with E-state index in [9.17, 15) is 9.59 Å². The molecule has 0 atom stereocenters. The van der Waals surface area contributed by atoms with Crippen molar-refractivity contribution in [3.63, 3.8) is 0 Å². The summed E-state index contributed by atoms with van der Waals surface area (Å²) in [5, 5.41) is 13.4. The number of nitrogens with one attached hydrogen (secondary N) is 3. The molecule has 2 amide bonds. The predicted molar refractivity (Wildman–Crippen MR) is 97.1 cm³/mol. The Morgan fingerprint density at radius 2 is 1.92 bits per heavy atom. The van der Waals surface area contributed by atoms with E-state index in [0.29, 0.717) is 11.3 Å². The minimum absolute atomic E-state index is 0.0110. The van der Waals surface area contributed by atoms with Crippen LogP contribution < -0.4 is 15.4 Å². The van der Waals surface area contributed by atoms with E-state index in [1.807, 2.05) is 38.1 Å². The van der Waals surface area contributed by atoms with Crippen molar-refractivity contribution in [2.75, 3.05) is 11.9 Å². The maximum atomic E-state index is 12.6. The van der Waals surface area contributed by atoms with Crippen molar-refractivity contribution in [1.29, 1.82) is 0 Å². The Kier molecular flexibility index (Phi) is 5.12. The molecule has 3 aromatic rings. The number of hydrogen-bond donors (Lipinski definition) is 3. The van der Waals surface area contributed by atoms with Gasteiger partial charge < -0.3 is 10.1 Å². The number of fused-ring (bicyclic) bond motifs is 1. The SMILES string of the molecule is CC(C)NC(=O)COc1cc2ccccc2cc1C(=O)Nc1ncn[nH]1. The summed E-state index contributed by atoms with van der Waals surface area (Å²) in [5.74, 6) is -0.118. The number of benzene rings is 2. The molecule has 0 radical (unpaired) electrons. The van der Waals surface area contributed by atoms with Gasteiger partial charge in [-0.05, 0) is 36.8 Å². The molecule has 0 fully saturated rings. The molecule has 1 aromatic heterocycles. The van der Waals surface area contributed by atoms with Crippen LogP contribution >= 0.6 is 0 Å². The van der Waals surface area contributed by atoms with Crippen LogP contribution in [0.25, 0.3) is 10.8 Å². The lowest BCUT2D eigenvalue weighted by Gasteiger charge is -2.13. The lowest BCUT2D eigenvalue weighted by Crippen LogP contribution is -2.34. The van der Waals surface area contributed by atoms with E-state index in [1.54, 1.807) is 12.1 Å². The van der Waals surface area contributed by atoms with E-state index < -0.39 is 5.91 Å². The maximum Gasteiger partial charge on any atom is 0.261 e. The van der Waals surface area contributed by atoms with Gasteiger partial charge in [-0.25, -0.2) is 5.10 Å². The fraction of sp³-hybridized carbons (Fsp3) is 0.222. The number of carbonyl (C=O) groups excluding carboxylic acids is 2. The van der Waals surface area contributed by atoms with Crippen LogP contribution in [0, 0.1) is 0 Å². The molecule has 26 heavy (non-hydrogen) atoms. The van der Waals surface area contributed by atoms with Crippen molar-refractivity contribution >= 4 is 28.5 Å². The molecule has 0 aliphatic rings. The largest absolute Gasteiger partial charge is 0.483 e. The molecule has 2 aromatic carbocycles. The topological polar surface area (TPSA) is 109 Å². The normalized spacial score (nSPS) is 10.7. The van der Waals surface area contributed by atoms with Gasteiger partial charge in [0.2, 0.25) is 5.95 Å². The summed E-state index contributed by atoms with van der Waals surface area (Å²) >= 11 is 0. The molecule has 0 unspecified atom stereocenters.